The van der Waals surface area contributed by atoms with Gasteiger partial charge in [0.25, 0.3) is 0 Å². The molecule has 108 heavy (non-hydrogen) atoms. The van der Waals surface area contributed by atoms with Crippen LogP contribution >= 0.6 is 23.2 Å². The second-order valence-corrected chi connectivity index (χ2v) is 43.9. The van der Waals surface area contributed by atoms with Crippen LogP contribution in [0.1, 0.15) is 232 Å². The lowest BCUT2D eigenvalue weighted by Crippen LogP contribution is -2.56. The minimum absolute atomic E-state index is 0.135. The molecule has 0 saturated carbocycles. The van der Waals surface area contributed by atoms with E-state index in [1.807, 2.05) is 32.1 Å². The number of fused-ring (bicyclic) bond motifs is 2. The van der Waals surface area contributed by atoms with Gasteiger partial charge in [0.15, 0.2) is 0 Å². The lowest BCUT2D eigenvalue weighted by atomic mass is 9.67. The van der Waals surface area contributed by atoms with Crippen LogP contribution in [0.15, 0.2) is 165 Å². The Bertz CT molecular complexity index is 3420. The molecule has 7 unspecified atom stereocenters. The monoisotopic (exact) mass is 1590 g/mol. The van der Waals surface area contributed by atoms with Gasteiger partial charge in [-0.25, -0.2) is 0 Å². The SMILES string of the molecule is C=Cc1ccc(CCCC)cc1.C=Cc1ccc(CCC[Si]2(OC)O[C@@H](C)[C@@H](C)O[Si](CCCc3ccc(C=C)cc3)(OC)O2)cc1.CCl.CO[Si]12CCCc3ccc(cc3)C(C(CC(C)(C)C)c3ccc(CCl)cc3)CC(CC(C)(C)C)c3ccc(cc3)CCC[Si](OC)(O[C@H](C)[C@H](C)O1)O2.C[C@H](O)[C@@H](C)O. The summed E-state index contributed by atoms with van der Waals surface area (Å²) in [7, 11) is -5.27. The quantitative estimate of drug-likeness (QED) is 0.0442. The molecule has 0 radical (unpaired) electrons. The van der Waals surface area contributed by atoms with Crippen LogP contribution in [0.4, 0.5) is 0 Å². The Morgan fingerprint density at radius 2 is 0.861 bits per heavy atom. The third-order valence-corrected chi connectivity index (χ3v) is 35.3. The van der Waals surface area contributed by atoms with Crippen LogP contribution < -0.4 is 0 Å². The number of rotatable bonds is 24. The van der Waals surface area contributed by atoms with Crippen LogP contribution in [0, 0.1) is 10.8 Å². The summed E-state index contributed by atoms with van der Waals surface area (Å²) in [6.45, 7) is 39.2. The summed E-state index contributed by atoms with van der Waals surface area (Å²) in [6, 6.07) is 56.7. The predicted molar refractivity (Wildman–Crippen MR) is 461 cm³/mol. The zero-order valence-corrected chi connectivity index (χ0v) is 74.6. The average molecular weight is 1590 g/mol. The Kier molecular flexibility index (Phi) is 40.6. The van der Waals surface area contributed by atoms with E-state index in [4.69, 9.17) is 65.5 Å². The summed E-state index contributed by atoms with van der Waals surface area (Å²) in [5.41, 5.74) is 15.9. The largest absolute Gasteiger partial charge is 0.493 e. The van der Waals surface area contributed by atoms with Crippen molar-refractivity contribution in [1.82, 2.24) is 0 Å². The van der Waals surface area contributed by atoms with Gasteiger partial charge in [0, 0.05) is 64.9 Å². The van der Waals surface area contributed by atoms with Crippen molar-refractivity contribution in [2.45, 2.75) is 264 Å². The number of hydrogen-bond acceptors (Lipinski definition) is 12. The molecule has 2 saturated heterocycles. The van der Waals surface area contributed by atoms with E-state index >= 15 is 0 Å². The van der Waals surface area contributed by atoms with Crippen molar-refractivity contribution in [1.29, 1.82) is 0 Å². The zero-order valence-electron chi connectivity index (χ0n) is 69.1. The molecular weight excluding hydrogens is 1460 g/mol. The van der Waals surface area contributed by atoms with Crippen molar-refractivity contribution < 1.29 is 53.9 Å². The molecule has 2 fully saturated rings. The van der Waals surface area contributed by atoms with Crippen molar-refractivity contribution in [3.05, 3.63) is 232 Å². The first kappa shape index (κ1) is 94.1. The minimum atomic E-state index is -3.08. The van der Waals surface area contributed by atoms with Gasteiger partial charge < -0.3 is 53.9 Å². The highest BCUT2D eigenvalue weighted by molar-refractivity contribution is 6.76. The van der Waals surface area contributed by atoms with Crippen molar-refractivity contribution >= 4 is 76.6 Å². The molecule has 598 valence electrons. The molecule has 6 bridgehead atoms. The molecular formula is C90H136Cl2O12Si4. The Morgan fingerprint density at radius 1 is 0.491 bits per heavy atom. The topological polar surface area (TPSA) is 133 Å². The van der Waals surface area contributed by atoms with Crippen LogP contribution in [-0.4, -0.2) is 117 Å². The van der Waals surface area contributed by atoms with Crippen LogP contribution in [0.25, 0.3) is 18.2 Å². The van der Waals surface area contributed by atoms with E-state index in [2.05, 4.69) is 239 Å². The number of halogens is 2. The number of alkyl halides is 2. The van der Waals surface area contributed by atoms with E-state index < -0.39 is 47.4 Å². The second kappa shape index (κ2) is 46.6. The Labute approximate surface area is 668 Å². The van der Waals surface area contributed by atoms with Gasteiger partial charge in [-0.2, -0.15) is 0 Å². The predicted octanol–water partition coefficient (Wildman–Crippen LogP) is 23.1. The molecule has 5 aliphatic rings. The van der Waals surface area contributed by atoms with Crippen molar-refractivity contribution in [2.24, 2.45) is 10.8 Å². The zero-order chi connectivity index (χ0) is 79.7. The van der Waals surface area contributed by atoms with Crippen molar-refractivity contribution in [2.75, 3.05) is 34.8 Å². The van der Waals surface area contributed by atoms with Crippen LogP contribution in [0.2, 0.25) is 24.2 Å². The maximum atomic E-state index is 8.38. The van der Waals surface area contributed by atoms with E-state index in [1.165, 1.54) is 81.3 Å². The first-order valence-electron chi connectivity index (χ1n) is 39.5. The lowest BCUT2D eigenvalue weighted by molar-refractivity contribution is 0.0416. The summed E-state index contributed by atoms with van der Waals surface area (Å²) in [5.74, 6) is 1.65. The molecule has 13 atom stereocenters. The number of unbranched alkanes of at least 4 members (excludes halogenated alkanes) is 1. The average Bonchev–Trinajstić information content (AvgIpc) is 1.56. The smallest absolute Gasteiger partial charge is 0.391 e. The van der Waals surface area contributed by atoms with Gasteiger partial charge in [-0.1, -0.05) is 238 Å². The molecule has 6 aromatic rings. The molecule has 0 aliphatic carbocycles. The van der Waals surface area contributed by atoms with Crippen LogP contribution in [-0.2, 0) is 81.6 Å². The van der Waals surface area contributed by atoms with Gasteiger partial charge in [0.05, 0.1) is 36.6 Å². The summed E-state index contributed by atoms with van der Waals surface area (Å²) in [6.07, 6.45) is 19.7. The minimum Gasteiger partial charge on any atom is -0.391 e. The standard InChI is InChI=1S/C45H67ClO5Si2.C28H40O5Si2.C12H16.C4H10O2.CH3Cl/c1-33-34(2)50-53(48-10)28-12-14-36-17-23-39(24-18-36)42(43(31-45(6,7)8)40-25-19-37(32-46)20-26-40)29-41(30-44(3,4)5)38-21-15-35(16-22-38)13-11-27-52(47-9,49-33)51-53;1-7-25-13-17-27(18-14-25)11-9-21-34(29-5)31-23(3)24(4)32-35(30-6,33-34)22-10-12-28-19-15-26(8-2)16-20-28;1-3-5-6-12-9-7-11(4-2)8-10-12;1-3(5)4(2)6;1-2/h15-26,33-34,41-43H,11-14,27-32H2,1-10H3;7-8,13-20,23-24H,1-2,9-12,21-22H2,3-6H3;4,7-10H,2-3,5-6H2,1H3;3-6H,1-2H3;1H3/t33-,34+,41?,42?,43?,52?,53?;23-,24+,34?,35?;;3-,4+;/m1..../s1. The Hall–Kier alpha value is -4.49. The van der Waals surface area contributed by atoms with Crippen molar-refractivity contribution in [3.8, 4) is 0 Å². The molecule has 0 spiro atoms. The fourth-order valence-electron chi connectivity index (χ4n) is 14.0. The number of aliphatic hydroxyl groups excluding tert-OH is 2. The maximum Gasteiger partial charge on any atom is 0.493 e. The summed E-state index contributed by atoms with van der Waals surface area (Å²) in [5, 5.41) is 16.8. The third-order valence-electron chi connectivity index (χ3n) is 20.7. The summed E-state index contributed by atoms with van der Waals surface area (Å²) >= 11 is 10.9. The van der Waals surface area contributed by atoms with Crippen LogP contribution in [0.3, 0.4) is 0 Å². The fourth-order valence-corrected chi connectivity index (χ4v) is 28.8. The van der Waals surface area contributed by atoms with Gasteiger partial charge in [0.2, 0.25) is 0 Å². The number of aliphatic hydroxyl groups is 2. The molecule has 5 aliphatic heterocycles. The van der Waals surface area contributed by atoms with E-state index in [-0.39, 0.29) is 35.2 Å². The van der Waals surface area contributed by atoms with Gasteiger partial charge in [-0.15, -0.1) is 23.2 Å². The molecule has 0 aromatic heterocycles. The molecule has 11 rings (SSSR count). The molecule has 18 heteroatoms. The Balaban J connectivity index is 0.000000322. The maximum absolute atomic E-state index is 8.38. The first-order chi connectivity index (χ1) is 51.4. The van der Waals surface area contributed by atoms with Crippen molar-refractivity contribution in [3.63, 3.8) is 0 Å². The summed E-state index contributed by atoms with van der Waals surface area (Å²) in [4.78, 5) is 0. The van der Waals surface area contributed by atoms with E-state index in [1.54, 1.807) is 42.3 Å². The molecule has 12 nitrogen and oxygen atoms in total. The highest BCUT2D eigenvalue weighted by atomic mass is 35.5. The molecule has 6 aromatic carbocycles. The number of benzene rings is 6. The van der Waals surface area contributed by atoms with E-state index in [0.29, 0.717) is 41.8 Å². The van der Waals surface area contributed by atoms with Gasteiger partial charge in [-0.3, -0.25) is 0 Å². The van der Waals surface area contributed by atoms with Gasteiger partial charge in [-0.05, 0) is 220 Å². The molecule has 2 N–H and O–H groups in total. The highest BCUT2D eigenvalue weighted by Gasteiger charge is 2.58. The van der Waals surface area contributed by atoms with E-state index in [0.717, 1.165) is 87.8 Å². The van der Waals surface area contributed by atoms with Gasteiger partial charge >= 0.3 is 35.2 Å². The highest BCUT2D eigenvalue weighted by Crippen LogP contribution is 2.49. The normalized spacial score (nSPS) is 24.8. The van der Waals surface area contributed by atoms with Crippen LogP contribution in [0.5, 0.6) is 0 Å². The number of hydrogen-bond donors (Lipinski definition) is 2. The van der Waals surface area contributed by atoms with E-state index in [9.17, 15) is 0 Å². The third kappa shape index (κ3) is 31.1. The number of aryl methyl sites for hydroxylation is 5. The van der Waals surface area contributed by atoms with Gasteiger partial charge in [0.1, 0.15) is 0 Å². The summed E-state index contributed by atoms with van der Waals surface area (Å²) < 4.78 is 64.5. The second-order valence-electron chi connectivity index (χ2n) is 31.9. The molecule has 0 amide bonds. The fraction of sp³-hybridized carbons (Fsp3) is 0.533. The molecule has 5 heterocycles. The Morgan fingerprint density at radius 3 is 1.19 bits per heavy atom. The lowest BCUT2D eigenvalue weighted by Gasteiger charge is -2.37. The first-order valence-corrected chi connectivity index (χ1v) is 48.5.